The Morgan fingerprint density at radius 3 is 2.91 bits per heavy atom. The Kier molecular flexibility index (Phi) is 2.13. The topological polar surface area (TPSA) is 74.8 Å². The molecular weight excluding hydrogens is 166 g/mol. The number of hydrogen-bond donors (Lipinski definition) is 2. The van der Waals surface area contributed by atoms with Crippen LogP contribution >= 0.6 is 0 Å². The maximum absolute atomic E-state index is 10.9. The zero-order chi connectivity index (χ0) is 8.32. The summed E-state index contributed by atoms with van der Waals surface area (Å²) in [6.45, 7) is 1.57. The van der Waals surface area contributed by atoms with Crippen molar-refractivity contribution in [2.45, 2.75) is 6.92 Å². The van der Waals surface area contributed by atoms with Crippen LogP contribution in [0, 0.1) is 0 Å². The van der Waals surface area contributed by atoms with Gasteiger partial charge >= 0.3 is 0 Å². The SMILES string of the molecule is CCS(=O)(=O)Nc1ccn[nH]1. The molecular formula is C5H9N3O2S. The predicted molar refractivity (Wildman–Crippen MR) is 41.7 cm³/mol. The van der Waals surface area contributed by atoms with Gasteiger partial charge in [0.2, 0.25) is 10.0 Å². The Bertz CT molecular complexity index is 302. The number of anilines is 1. The largest absolute Gasteiger partial charge is 0.268 e. The first-order chi connectivity index (χ1) is 5.14. The van der Waals surface area contributed by atoms with Crippen molar-refractivity contribution in [1.29, 1.82) is 0 Å². The molecule has 5 nitrogen and oxygen atoms in total. The molecule has 0 aliphatic carbocycles. The van der Waals surface area contributed by atoms with Crippen molar-refractivity contribution in [3.05, 3.63) is 12.3 Å². The minimum absolute atomic E-state index is 0.0615. The van der Waals surface area contributed by atoms with E-state index in [1.807, 2.05) is 0 Å². The van der Waals surface area contributed by atoms with Crippen LogP contribution in [-0.4, -0.2) is 24.4 Å². The van der Waals surface area contributed by atoms with Crippen LogP contribution in [0.5, 0.6) is 0 Å². The summed E-state index contributed by atoms with van der Waals surface area (Å²) in [5, 5.41) is 6.08. The van der Waals surface area contributed by atoms with E-state index < -0.39 is 10.0 Å². The van der Waals surface area contributed by atoms with Gasteiger partial charge in [-0.1, -0.05) is 0 Å². The minimum Gasteiger partial charge on any atom is -0.268 e. The number of sulfonamides is 1. The second-order valence-corrected chi connectivity index (χ2v) is 3.99. The molecule has 0 aliphatic rings. The first kappa shape index (κ1) is 8.06. The van der Waals surface area contributed by atoms with Gasteiger partial charge in [0, 0.05) is 6.07 Å². The van der Waals surface area contributed by atoms with Crippen molar-refractivity contribution >= 4 is 15.8 Å². The lowest BCUT2D eigenvalue weighted by atomic mass is 10.7. The summed E-state index contributed by atoms with van der Waals surface area (Å²) in [5.41, 5.74) is 0. The second kappa shape index (κ2) is 2.91. The van der Waals surface area contributed by atoms with Gasteiger partial charge in [-0.25, -0.2) is 8.42 Å². The third-order valence-corrected chi connectivity index (χ3v) is 2.44. The molecule has 0 saturated heterocycles. The van der Waals surface area contributed by atoms with E-state index in [1.165, 1.54) is 6.20 Å². The van der Waals surface area contributed by atoms with Gasteiger partial charge in [0.15, 0.2) is 0 Å². The van der Waals surface area contributed by atoms with Crippen LogP contribution in [0.15, 0.2) is 12.3 Å². The fourth-order valence-corrected chi connectivity index (χ4v) is 1.15. The van der Waals surface area contributed by atoms with Crippen molar-refractivity contribution in [2.24, 2.45) is 0 Å². The molecule has 1 heterocycles. The van der Waals surface area contributed by atoms with Crippen LogP contribution < -0.4 is 4.72 Å². The van der Waals surface area contributed by atoms with Crippen LogP contribution in [0.4, 0.5) is 5.82 Å². The maximum Gasteiger partial charge on any atom is 0.233 e. The summed E-state index contributed by atoms with van der Waals surface area (Å²) in [6, 6.07) is 1.55. The highest BCUT2D eigenvalue weighted by Crippen LogP contribution is 2.01. The number of nitrogens with zero attached hydrogens (tertiary/aromatic N) is 1. The molecule has 0 unspecified atom stereocenters. The highest BCUT2D eigenvalue weighted by molar-refractivity contribution is 7.92. The standard InChI is InChI=1S/C5H9N3O2S/c1-2-11(9,10)8-5-3-4-6-7-5/h3-4H,2H2,1H3,(H2,6,7,8). The van der Waals surface area contributed by atoms with Crippen LogP contribution in [-0.2, 0) is 10.0 Å². The molecule has 0 fully saturated rings. The van der Waals surface area contributed by atoms with E-state index in [-0.39, 0.29) is 5.75 Å². The highest BCUT2D eigenvalue weighted by Gasteiger charge is 2.05. The van der Waals surface area contributed by atoms with Crippen LogP contribution in [0.25, 0.3) is 0 Å². The van der Waals surface area contributed by atoms with E-state index in [0.717, 1.165) is 0 Å². The molecule has 6 heteroatoms. The lowest BCUT2D eigenvalue weighted by Crippen LogP contribution is -2.14. The van der Waals surface area contributed by atoms with Gasteiger partial charge in [-0.3, -0.25) is 9.82 Å². The summed E-state index contributed by atoms with van der Waals surface area (Å²) in [6.07, 6.45) is 1.48. The van der Waals surface area contributed by atoms with E-state index in [9.17, 15) is 8.42 Å². The van der Waals surface area contributed by atoms with Crippen molar-refractivity contribution in [1.82, 2.24) is 10.2 Å². The first-order valence-corrected chi connectivity index (χ1v) is 4.79. The van der Waals surface area contributed by atoms with Gasteiger partial charge in [-0.15, -0.1) is 0 Å². The fourth-order valence-electron chi connectivity index (χ4n) is 0.552. The molecule has 0 atom stereocenters. The van der Waals surface area contributed by atoms with Crippen molar-refractivity contribution < 1.29 is 8.42 Å². The second-order valence-electron chi connectivity index (χ2n) is 1.98. The Hall–Kier alpha value is -1.04. The number of hydrogen-bond acceptors (Lipinski definition) is 3. The minimum atomic E-state index is -3.16. The number of rotatable bonds is 3. The number of nitrogens with one attached hydrogen (secondary N) is 2. The fraction of sp³-hybridized carbons (Fsp3) is 0.400. The monoisotopic (exact) mass is 175 g/mol. The molecule has 0 amide bonds. The molecule has 2 N–H and O–H groups in total. The number of H-pyrrole nitrogens is 1. The van der Waals surface area contributed by atoms with Crippen molar-refractivity contribution in [3.63, 3.8) is 0 Å². The molecule has 1 aromatic rings. The smallest absolute Gasteiger partial charge is 0.233 e. The van der Waals surface area contributed by atoms with Gasteiger partial charge in [-0.2, -0.15) is 5.10 Å². The summed E-state index contributed by atoms with van der Waals surface area (Å²) in [7, 11) is -3.16. The Labute approximate surface area is 64.9 Å². The Morgan fingerprint density at radius 2 is 2.45 bits per heavy atom. The lowest BCUT2D eigenvalue weighted by molar-refractivity contribution is 0.602. The molecule has 0 spiro atoms. The van der Waals surface area contributed by atoms with Crippen molar-refractivity contribution in [2.75, 3.05) is 10.5 Å². The molecule has 0 saturated carbocycles. The predicted octanol–water partition coefficient (Wildman–Crippen LogP) is 0.171. The van der Waals surface area contributed by atoms with Crippen LogP contribution in [0.1, 0.15) is 6.92 Å². The molecule has 1 aromatic heterocycles. The van der Waals surface area contributed by atoms with Gasteiger partial charge in [0.25, 0.3) is 0 Å². The molecule has 0 radical (unpaired) electrons. The van der Waals surface area contributed by atoms with Crippen molar-refractivity contribution in [3.8, 4) is 0 Å². The molecule has 0 bridgehead atoms. The van der Waals surface area contributed by atoms with E-state index in [4.69, 9.17) is 0 Å². The van der Waals surface area contributed by atoms with Gasteiger partial charge < -0.3 is 0 Å². The quantitative estimate of drug-likeness (QED) is 0.687. The van der Waals surface area contributed by atoms with E-state index in [1.54, 1.807) is 13.0 Å². The van der Waals surface area contributed by atoms with E-state index in [0.29, 0.717) is 5.82 Å². The summed E-state index contributed by atoms with van der Waals surface area (Å²) in [5.74, 6) is 0.457. The molecule has 0 aromatic carbocycles. The zero-order valence-corrected chi connectivity index (χ0v) is 6.85. The molecule has 11 heavy (non-hydrogen) atoms. The molecule has 0 aliphatic heterocycles. The molecule has 62 valence electrons. The van der Waals surface area contributed by atoms with Crippen LogP contribution in [0.3, 0.4) is 0 Å². The van der Waals surface area contributed by atoms with E-state index in [2.05, 4.69) is 14.9 Å². The Balaban J connectivity index is 2.72. The van der Waals surface area contributed by atoms with Crippen LogP contribution in [0.2, 0.25) is 0 Å². The number of aromatic amines is 1. The van der Waals surface area contributed by atoms with Gasteiger partial charge in [0.05, 0.1) is 11.9 Å². The Morgan fingerprint density at radius 1 is 1.73 bits per heavy atom. The number of aromatic nitrogens is 2. The zero-order valence-electron chi connectivity index (χ0n) is 6.03. The summed E-state index contributed by atoms with van der Waals surface area (Å²) < 4.78 is 24.1. The average Bonchev–Trinajstić information content (AvgIpc) is 2.39. The third kappa shape index (κ3) is 2.23. The highest BCUT2D eigenvalue weighted by atomic mass is 32.2. The first-order valence-electron chi connectivity index (χ1n) is 3.14. The third-order valence-electron chi connectivity index (χ3n) is 1.15. The summed E-state index contributed by atoms with van der Waals surface area (Å²) in [4.78, 5) is 0. The summed E-state index contributed by atoms with van der Waals surface area (Å²) >= 11 is 0. The average molecular weight is 175 g/mol. The normalized spacial score (nSPS) is 11.4. The lowest BCUT2D eigenvalue weighted by Gasteiger charge is -2.00. The maximum atomic E-state index is 10.9. The van der Waals surface area contributed by atoms with E-state index >= 15 is 0 Å². The molecule has 1 rings (SSSR count). The van der Waals surface area contributed by atoms with Gasteiger partial charge in [-0.05, 0) is 6.92 Å². The van der Waals surface area contributed by atoms with Gasteiger partial charge in [0.1, 0.15) is 5.82 Å².